The summed E-state index contributed by atoms with van der Waals surface area (Å²) in [6.45, 7) is 11.4. The van der Waals surface area contributed by atoms with E-state index in [0.717, 1.165) is 36.0 Å². The van der Waals surface area contributed by atoms with Crippen molar-refractivity contribution in [3.05, 3.63) is 0 Å². The lowest BCUT2D eigenvalue weighted by atomic mass is 9.48. The Morgan fingerprint density at radius 1 is 0.875 bits per heavy atom. The lowest BCUT2D eigenvalue weighted by Crippen LogP contribution is -2.50. The Bertz CT molecular complexity index is 469. The third-order valence-corrected chi connectivity index (χ3v) is 8.69. The molecule has 4 aliphatic carbocycles. The summed E-state index contributed by atoms with van der Waals surface area (Å²) in [6, 6.07) is 0. The molecule has 0 aromatic rings. The van der Waals surface area contributed by atoms with E-state index >= 15 is 0 Å². The summed E-state index contributed by atoms with van der Waals surface area (Å²) in [5.74, 6) is 5.01. The molecule has 4 aliphatic rings. The molecule has 0 bridgehead atoms. The summed E-state index contributed by atoms with van der Waals surface area (Å²) in [7, 11) is 0. The van der Waals surface area contributed by atoms with Gasteiger partial charge in [0.2, 0.25) is 0 Å². The Morgan fingerprint density at radius 3 is 2.29 bits per heavy atom. The molecule has 1 heteroatoms. The van der Waals surface area contributed by atoms with Gasteiger partial charge in [-0.2, -0.15) is 0 Å². The minimum atomic E-state index is 0.0624. The van der Waals surface area contributed by atoms with Crippen molar-refractivity contribution in [2.24, 2.45) is 40.4 Å². The monoisotopic (exact) mass is 332 g/mol. The molecule has 0 aliphatic heterocycles. The molecule has 0 N–H and O–H groups in total. The van der Waals surface area contributed by atoms with E-state index < -0.39 is 0 Å². The summed E-state index contributed by atoms with van der Waals surface area (Å²) in [5.41, 5.74) is 0.667. The third-order valence-electron chi connectivity index (χ3n) is 8.69. The largest absolute Gasteiger partial charge is 0.299 e. The van der Waals surface area contributed by atoms with Crippen molar-refractivity contribution in [2.75, 3.05) is 0 Å². The van der Waals surface area contributed by atoms with Crippen LogP contribution in [0.1, 0.15) is 98.8 Å². The molecule has 0 radical (unpaired) electrons. The lowest BCUT2D eigenvalue weighted by molar-refractivity contribution is -0.134. The van der Waals surface area contributed by atoms with Crippen molar-refractivity contribution in [3.63, 3.8) is 0 Å². The van der Waals surface area contributed by atoms with Crippen LogP contribution >= 0.6 is 0 Å². The molecule has 1 nitrogen and oxygen atoms in total. The van der Waals surface area contributed by atoms with Gasteiger partial charge in [0.1, 0.15) is 5.78 Å². The van der Waals surface area contributed by atoms with Gasteiger partial charge >= 0.3 is 0 Å². The van der Waals surface area contributed by atoms with Crippen molar-refractivity contribution in [1.82, 2.24) is 0 Å². The molecule has 0 aromatic heterocycles. The van der Waals surface area contributed by atoms with E-state index in [4.69, 9.17) is 0 Å². The Labute approximate surface area is 150 Å². The Hall–Kier alpha value is -0.330. The second-order valence-electron chi connectivity index (χ2n) is 9.89. The van der Waals surface area contributed by atoms with E-state index in [0.29, 0.717) is 11.2 Å². The zero-order valence-corrected chi connectivity index (χ0v) is 16.9. The number of carbonyl (C=O) groups excluding carboxylic acids is 1. The summed E-state index contributed by atoms with van der Waals surface area (Å²) >= 11 is 0. The van der Waals surface area contributed by atoms with Crippen molar-refractivity contribution >= 4 is 5.78 Å². The number of fused-ring (bicyclic) bond motifs is 5. The van der Waals surface area contributed by atoms with Crippen LogP contribution < -0.4 is 0 Å². The Morgan fingerprint density at radius 2 is 1.54 bits per heavy atom. The average Bonchev–Trinajstić information content (AvgIpc) is 2.77. The van der Waals surface area contributed by atoms with Gasteiger partial charge in [-0.05, 0) is 80.0 Å². The fraction of sp³-hybridized carbons (Fsp3) is 0.957. The molecule has 4 rings (SSSR count). The van der Waals surface area contributed by atoms with Gasteiger partial charge in [0.05, 0.1) is 0 Å². The quantitative estimate of drug-likeness (QED) is 0.485. The summed E-state index contributed by atoms with van der Waals surface area (Å²) in [6.07, 6.45) is 13.3. The molecular weight excluding hydrogens is 292 g/mol. The smallest absolute Gasteiger partial charge is 0.139 e. The number of ketones is 1. The van der Waals surface area contributed by atoms with Gasteiger partial charge in [0, 0.05) is 11.8 Å². The molecule has 0 amide bonds. The molecule has 0 heterocycles. The zero-order chi connectivity index (χ0) is 17.5. The van der Waals surface area contributed by atoms with Crippen LogP contribution in [0.3, 0.4) is 0 Å². The first-order chi connectivity index (χ1) is 11.4. The minimum absolute atomic E-state index is 0.0624. The number of Topliss-reactive ketones (excluding diaryl/α,β-unsaturated/α-hetero) is 1. The fourth-order valence-electron chi connectivity index (χ4n) is 7.60. The SMILES string of the molecule is CC.CC1CCCC2C3CCC4(C)C(=O)CCC4C3CCC2(C)C1. The molecule has 7 unspecified atom stereocenters. The minimum Gasteiger partial charge on any atom is -0.299 e. The van der Waals surface area contributed by atoms with Gasteiger partial charge in [0.25, 0.3) is 0 Å². The van der Waals surface area contributed by atoms with Gasteiger partial charge in [-0.25, -0.2) is 0 Å². The van der Waals surface area contributed by atoms with Crippen LogP contribution in [-0.2, 0) is 4.79 Å². The summed E-state index contributed by atoms with van der Waals surface area (Å²) in [4.78, 5) is 12.4. The highest BCUT2D eigenvalue weighted by atomic mass is 16.1. The van der Waals surface area contributed by atoms with Crippen LogP contribution in [0.15, 0.2) is 0 Å². The number of rotatable bonds is 0. The van der Waals surface area contributed by atoms with Crippen LogP contribution in [0.4, 0.5) is 0 Å². The standard InChI is InChI=1S/C21H34O.C2H6/c1-14-5-4-6-17-15-10-12-21(3)18(7-8-19(21)22)16(15)9-11-20(17,2)13-14;1-2/h14-18H,4-13H2,1-3H3;1-2H3. The van der Waals surface area contributed by atoms with Crippen LogP contribution in [0.2, 0.25) is 0 Å². The van der Waals surface area contributed by atoms with E-state index in [2.05, 4.69) is 20.8 Å². The van der Waals surface area contributed by atoms with Crippen LogP contribution in [0, 0.1) is 40.4 Å². The number of hydrogen-bond donors (Lipinski definition) is 0. The van der Waals surface area contributed by atoms with Crippen molar-refractivity contribution < 1.29 is 4.79 Å². The van der Waals surface area contributed by atoms with E-state index in [1.165, 1.54) is 57.8 Å². The van der Waals surface area contributed by atoms with E-state index in [-0.39, 0.29) is 5.41 Å². The molecule has 24 heavy (non-hydrogen) atoms. The molecule has 138 valence electrons. The van der Waals surface area contributed by atoms with E-state index in [1.54, 1.807) is 0 Å². The molecule has 4 fully saturated rings. The topological polar surface area (TPSA) is 17.1 Å². The zero-order valence-electron chi connectivity index (χ0n) is 16.9. The van der Waals surface area contributed by atoms with Crippen molar-refractivity contribution in [1.29, 1.82) is 0 Å². The highest BCUT2D eigenvalue weighted by Gasteiger charge is 2.58. The number of carbonyl (C=O) groups is 1. The molecule has 7 atom stereocenters. The van der Waals surface area contributed by atoms with Gasteiger partial charge in [0.15, 0.2) is 0 Å². The van der Waals surface area contributed by atoms with Gasteiger partial charge in [-0.15, -0.1) is 0 Å². The van der Waals surface area contributed by atoms with Crippen molar-refractivity contribution in [2.45, 2.75) is 98.8 Å². The predicted molar refractivity (Wildman–Crippen MR) is 102 cm³/mol. The van der Waals surface area contributed by atoms with Gasteiger partial charge in [-0.3, -0.25) is 4.79 Å². The van der Waals surface area contributed by atoms with Gasteiger partial charge < -0.3 is 0 Å². The maximum absolute atomic E-state index is 12.4. The molecule has 4 saturated carbocycles. The van der Waals surface area contributed by atoms with Gasteiger partial charge in [-0.1, -0.05) is 47.5 Å². The second-order valence-corrected chi connectivity index (χ2v) is 9.89. The normalized spacial score (nSPS) is 50.7. The summed E-state index contributed by atoms with van der Waals surface area (Å²) in [5, 5.41) is 0. The predicted octanol–water partition coefficient (Wildman–Crippen LogP) is 6.65. The van der Waals surface area contributed by atoms with Crippen LogP contribution in [0.5, 0.6) is 0 Å². The van der Waals surface area contributed by atoms with Crippen LogP contribution in [-0.4, -0.2) is 5.78 Å². The first kappa shape index (κ1) is 18.5. The maximum Gasteiger partial charge on any atom is 0.139 e. The van der Waals surface area contributed by atoms with E-state index in [1.807, 2.05) is 13.8 Å². The first-order valence-corrected chi connectivity index (χ1v) is 11.0. The lowest BCUT2D eigenvalue weighted by Gasteiger charge is -2.56. The second kappa shape index (κ2) is 6.76. The van der Waals surface area contributed by atoms with Crippen LogP contribution in [0.25, 0.3) is 0 Å². The number of hydrogen-bond acceptors (Lipinski definition) is 1. The first-order valence-electron chi connectivity index (χ1n) is 11.0. The van der Waals surface area contributed by atoms with E-state index in [9.17, 15) is 4.79 Å². The highest BCUT2D eigenvalue weighted by Crippen LogP contribution is 2.64. The molecule has 0 saturated heterocycles. The molecular formula is C23H40O. The fourth-order valence-corrected chi connectivity index (χ4v) is 7.60. The Kier molecular flexibility index (Phi) is 5.20. The Balaban J connectivity index is 0.000000815. The highest BCUT2D eigenvalue weighted by molar-refractivity contribution is 5.87. The maximum atomic E-state index is 12.4. The van der Waals surface area contributed by atoms with Crippen molar-refractivity contribution in [3.8, 4) is 0 Å². The molecule has 0 aromatic carbocycles. The third kappa shape index (κ3) is 2.78. The average molecular weight is 333 g/mol. The molecule has 0 spiro atoms. The summed E-state index contributed by atoms with van der Waals surface area (Å²) < 4.78 is 0.